The van der Waals surface area contributed by atoms with Crippen LogP contribution in [0.2, 0.25) is 0 Å². The second kappa shape index (κ2) is 7.65. The van der Waals surface area contributed by atoms with E-state index in [1.807, 2.05) is 0 Å². The minimum Gasteiger partial charge on any atom is -0.384 e. The lowest BCUT2D eigenvalue weighted by Gasteiger charge is -2.27. The van der Waals surface area contributed by atoms with Gasteiger partial charge in [0, 0.05) is 18.7 Å². The van der Waals surface area contributed by atoms with Crippen LogP contribution in [-0.2, 0) is 9.59 Å². The standard InChI is InChI=1S/C18H22N4O4/c19-9-2-1-3-10-20-12-6-4-5-11-15(12)18(26)22(17(11)25)13-7-8-14(23)21-16(13)24/h4-6,13,20H,1-3,7-10,19H2,(H,21,23,24). The third kappa shape index (κ3) is 3.32. The Hall–Kier alpha value is -2.74. The lowest BCUT2D eigenvalue weighted by atomic mass is 10.0. The van der Waals surface area contributed by atoms with Crippen LogP contribution in [0.5, 0.6) is 0 Å². The monoisotopic (exact) mass is 358 g/mol. The molecular weight excluding hydrogens is 336 g/mol. The molecule has 4 amide bonds. The molecule has 0 radical (unpaired) electrons. The van der Waals surface area contributed by atoms with Gasteiger partial charge in [0.05, 0.1) is 11.1 Å². The molecule has 8 nitrogen and oxygen atoms in total. The molecule has 1 atom stereocenters. The molecule has 1 fully saturated rings. The van der Waals surface area contributed by atoms with E-state index in [1.54, 1.807) is 18.2 Å². The number of benzene rings is 1. The summed E-state index contributed by atoms with van der Waals surface area (Å²) in [5.41, 5.74) is 6.64. The number of hydrogen-bond donors (Lipinski definition) is 3. The molecule has 2 aliphatic rings. The van der Waals surface area contributed by atoms with E-state index < -0.39 is 23.8 Å². The maximum atomic E-state index is 12.9. The molecule has 0 aliphatic carbocycles. The third-order valence-corrected chi connectivity index (χ3v) is 4.66. The zero-order valence-corrected chi connectivity index (χ0v) is 14.4. The van der Waals surface area contributed by atoms with Crippen molar-refractivity contribution in [1.29, 1.82) is 0 Å². The first kappa shape index (κ1) is 18.1. The van der Waals surface area contributed by atoms with Crippen molar-refractivity contribution in [1.82, 2.24) is 10.2 Å². The second-order valence-corrected chi connectivity index (χ2v) is 6.45. The predicted molar refractivity (Wildman–Crippen MR) is 94.5 cm³/mol. The number of amides is 4. The summed E-state index contributed by atoms with van der Waals surface area (Å²) in [6, 6.07) is 4.10. The number of unbranched alkanes of at least 4 members (excludes halogenated alkanes) is 2. The minimum atomic E-state index is -0.947. The summed E-state index contributed by atoms with van der Waals surface area (Å²) >= 11 is 0. The van der Waals surface area contributed by atoms with Crippen LogP contribution in [-0.4, -0.2) is 47.7 Å². The van der Waals surface area contributed by atoms with Crippen molar-refractivity contribution in [2.45, 2.75) is 38.1 Å². The van der Waals surface area contributed by atoms with Gasteiger partial charge >= 0.3 is 0 Å². The van der Waals surface area contributed by atoms with Crippen molar-refractivity contribution in [3.8, 4) is 0 Å². The first-order valence-corrected chi connectivity index (χ1v) is 8.83. The largest absolute Gasteiger partial charge is 0.384 e. The Morgan fingerprint density at radius 2 is 1.92 bits per heavy atom. The maximum absolute atomic E-state index is 12.9. The number of carbonyl (C=O) groups excluding carboxylic acids is 4. The Labute approximate surface area is 151 Å². The topological polar surface area (TPSA) is 122 Å². The molecule has 1 aromatic rings. The number of nitrogens with two attached hydrogens (primary N) is 1. The molecule has 2 aliphatic heterocycles. The van der Waals surface area contributed by atoms with E-state index in [-0.39, 0.29) is 24.3 Å². The molecular formula is C18H22N4O4. The summed E-state index contributed by atoms with van der Waals surface area (Å²) in [7, 11) is 0. The van der Waals surface area contributed by atoms with Crippen LogP contribution in [0, 0.1) is 0 Å². The van der Waals surface area contributed by atoms with Gasteiger partial charge in [0.2, 0.25) is 11.8 Å². The highest BCUT2D eigenvalue weighted by Gasteiger charge is 2.45. The normalized spacial score (nSPS) is 19.6. The molecule has 0 bridgehead atoms. The van der Waals surface area contributed by atoms with Crippen LogP contribution in [0.25, 0.3) is 0 Å². The quantitative estimate of drug-likeness (QED) is 0.485. The fourth-order valence-corrected chi connectivity index (χ4v) is 3.33. The highest BCUT2D eigenvalue weighted by Crippen LogP contribution is 2.32. The third-order valence-electron chi connectivity index (χ3n) is 4.66. The SMILES string of the molecule is NCCCCCNc1cccc2c1C(=O)N(C1CCC(=O)NC1=O)C2=O. The minimum absolute atomic E-state index is 0.107. The number of nitrogens with zero attached hydrogens (tertiary/aromatic N) is 1. The average molecular weight is 358 g/mol. The lowest BCUT2D eigenvalue weighted by molar-refractivity contribution is -0.136. The average Bonchev–Trinajstić information content (AvgIpc) is 2.87. The molecule has 0 saturated carbocycles. The highest BCUT2D eigenvalue weighted by atomic mass is 16.2. The van der Waals surface area contributed by atoms with Gasteiger partial charge in [0.1, 0.15) is 6.04 Å². The van der Waals surface area contributed by atoms with Crippen LogP contribution in [0.3, 0.4) is 0 Å². The Morgan fingerprint density at radius 1 is 1.12 bits per heavy atom. The summed E-state index contributed by atoms with van der Waals surface area (Å²) in [6.45, 7) is 1.31. The number of piperidine rings is 1. The number of fused-ring (bicyclic) bond motifs is 1. The Kier molecular flexibility index (Phi) is 5.32. The van der Waals surface area contributed by atoms with Gasteiger partial charge in [-0.15, -0.1) is 0 Å². The number of carbonyl (C=O) groups is 4. The molecule has 2 heterocycles. The molecule has 1 unspecified atom stereocenters. The smallest absolute Gasteiger partial charge is 0.264 e. The van der Waals surface area contributed by atoms with Crippen molar-refractivity contribution in [2.75, 3.05) is 18.4 Å². The molecule has 3 rings (SSSR count). The molecule has 0 aromatic heterocycles. The summed E-state index contributed by atoms with van der Waals surface area (Å²) in [6.07, 6.45) is 3.08. The van der Waals surface area contributed by atoms with Gasteiger partial charge in [0.25, 0.3) is 11.8 Å². The molecule has 138 valence electrons. The number of hydrogen-bond acceptors (Lipinski definition) is 6. The van der Waals surface area contributed by atoms with Crippen LogP contribution < -0.4 is 16.4 Å². The van der Waals surface area contributed by atoms with Gasteiger partial charge < -0.3 is 11.1 Å². The number of anilines is 1. The van der Waals surface area contributed by atoms with Crippen molar-refractivity contribution >= 4 is 29.3 Å². The van der Waals surface area contributed by atoms with E-state index in [0.717, 1.165) is 24.2 Å². The first-order valence-electron chi connectivity index (χ1n) is 8.83. The Bertz CT molecular complexity index is 762. The summed E-state index contributed by atoms with van der Waals surface area (Å²) in [4.78, 5) is 50.0. The summed E-state index contributed by atoms with van der Waals surface area (Å²) < 4.78 is 0. The highest BCUT2D eigenvalue weighted by molar-refractivity contribution is 6.25. The van der Waals surface area contributed by atoms with Gasteiger partial charge in [-0.2, -0.15) is 0 Å². The Morgan fingerprint density at radius 3 is 2.65 bits per heavy atom. The van der Waals surface area contributed by atoms with E-state index in [0.29, 0.717) is 24.3 Å². The second-order valence-electron chi connectivity index (χ2n) is 6.45. The molecule has 26 heavy (non-hydrogen) atoms. The fourth-order valence-electron chi connectivity index (χ4n) is 3.33. The van der Waals surface area contributed by atoms with E-state index in [2.05, 4.69) is 10.6 Å². The van der Waals surface area contributed by atoms with Gasteiger partial charge in [-0.05, 0) is 37.9 Å². The number of nitrogens with one attached hydrogen (secondary N) is 2. The lowest BCUT2D eigenvalue weighted by Crippen LogP contribution is -2.54. The molecule has 1 saturated heterocycles. The van der Waals surface area contributed by atoms with Crippen LogP contribution in [0.15, 0.2) is 18.2 Å². The predicted octanol–water partition coefficient (Wildman–Crippen LogP) is 0.629. The van der Waals surface area contributed by atoms with Crippen LogP contribution >= 0.6 is 0 Å². The van der Waals surface area contributed by atoms with Crippen molar-refractivity contribution < 1.29 is 19.2 Å². The van der Waals surface area contributed by atoms with Gasteiger partial charge in [-0.25, -0.2) is 0 Å². The number of rotatable bonds is 7. The Balaban J connectivity index is 1.78. The number of imide groups is 2. The van der Waals surface area contributed by atoms with Crippen LogP contribution in [0.1, 0.15) is 52.8 Å². The van der Waals surface area contributed by atoms with E-state index >= 15 is 0 Å². The van der Waals surface area contributed by atoms with Crippen LogP contribution in [0.4, 0.5) is 5.69 Å². The molecule has 8 heteroatoms. The first-order chi connectivity index (χ1) is 12.5. The van der Waals surface area contributed by atoms with Crippen molar-refractivity contribution in [3.05, 3.63) is 29.3 Å². The van der Waals surface area contributed by atoms with Crippen molar-refractivity contribution in [2.24, 2.45) is 5.73 Å². The molecule has 0 spiro atoms. The van der Waals surface area contributed by atoms with Gasteiger partial charge in [0.15, 0.2) is 0 Å². The summed E-state index contributed by atoms with van der Waals surface area (Å²) in [5, 5.41) is 5.39. The summed E-state index contributed by atoms with van der Waals surface area (Å²) in [5.74, 6) is -1.98. The zero-order chi connectivity index (χ0) is 18.7. The zero-order valence-electron chi connectivity index (χ0n) is 14.4. The fraction of sp³-hybridized carbons (Fsp3) is 0.444. The van der Waals surface area contributed by atoms with Crippen molar-refractivity contribution in [3.63, 3.8) is 0 Å². The van der Waals surface area contributed by atoms with Gasteiger partial charge in [-0.1, -0.05) is 12.5 Å². The van der Waals surface area contributed by atoms with E-state index in [9.17, 15) is 19.2 Å². The van der Waals surface area contributed by atoms with E-state index in [1.165, 1.54) is 0 Å². The van der Waals surface area contributed by atoms with Gasteiger partial charge in [-0.3, -0.25) is 29.4 Å². The van der Waals surface area contributed by atoms with E-state index in [4.69, 9.17) is 5.73 Å². The molecule has 1 aromatic carbocycles. The molecule has 4 N–H and O–H groups in total. The maximum Gasteiger partial charge on any atom is 0.264 e.